The molecule has 1 aromatic carbocycles. The van der Waals surface area contributed by atoms with Crippen molar-refractivity contribution in [3.63, 3.8) is 0 Å². The molecule has 0 bridgehead atoms. The van der Waals surface area contributed by atoms with Gasteiger partial charge in [0.15, 0.2) is 5.82 Å². The van der Waals surface area contributed by atoms with Gasteiger partial charge in [0.2, 0.25) is 0 Å². The van der Waals surface area contributed by atoms with E-state index in [1.807, 2.05) is 36.7 Å². The van der Waals surface area contributed by atoms with Gasteiger partial charge in [-0.15, -0.1) is 0 Å². The molecule has 2 aromatic rings. The Morgan fingerprint density at radius 2 is 2.25 bits per heavy atom. The van der Waals surface area contributed by atoms with Crippen LogP contribution < -0.4 is 10.5 Å². The van der Waals surface area contributed by atoms with E-state index in [1.165, 1.54) is 6.33 Å². The highest BCUT2D eigenvalue weighted by atomic mass is 79.9. The van der Waals surface area contributed by atoms with Gasteiger partial charge in [0, 0.05) is 10.5 Å². The zero-order chi connectivity index (χ0) is 14.7. The molecule has 0 amide bonds. The molecule has 0 fully saturated rings. The first-order chi connectivity index (χ1) is 9.49. The van der Waals surface area contributed by atoms with Gasteiger partial charge in [0.05, 0.1) is 5.56 Å². The molecule has 0 saturated heterocycles. The van der Waals surface area contributed by atoms with E-state index in [4.69, 9.17) is 22.7 Å². The summed E-state index contributed by atoms with van der Waals surface area (Å²) in [7, 11) is 0. The van der Waals surface area contributed by atoms with Gasteiger partial charge in [0.1, 0.15) is 23.7 Å². The zero-order valence-electron chi connectivity index (χ0n) is 11.2. The number of benzene rings is 1. The van der Waals surface area contributed by atoms with Crippen molar-refractivity contribution in [3.05, 3.63) is 40.4 Å². The van der Waals surface area contributed by atoms with Crippen LogP contribution in [0.25, 0.3) is 0 Å². The second-order valence-electron chi connectivity index (χ2n) is 4.51. The van der Waals surface area contributed by atoms with Crippen LogP contribution in [0.1, 0.15) is 31.3 Å². The third kappa shape index (κ3) is 3.34. The number of nitrogens with two attached hydrogens (primary N) is 1. The van der Waals surface area contributed by atoms with Crippen molar-refractivity contribution in [1.82, 2.24) is 14.8 Å². The minimum Gasteiger partial charge on any atom is -0.485 e. The smallest absolute Gasteiger partial charge is 0.165 e. The van der Waals surface area contributed by atoms with Crippen LogP contribution in [0.5, 0.6) is 5.75 Å². The first-order valence-corrected chi connectivity index (χ1v) is 7.29. The van der Waals surface area contributed by atoms with Gasteiger partial charge in [-0.25, -0.2) is 9.67 Å². The molecule has 2 N–H and O–H groups in total. The molecule has 2 rings (SSSR count). The van der Waals surface area contributed by atoms with E-state index in [-0.39, 0.29) is 6.04 Å². The van der Waals surface area contributed by atoms with Crippen molar-refractivity contribution in [3.8, 4) is 5.75 Å². The van der Waals surface area contributed by atoms with Crippen molar-refractivity contribution in [1.29, 1.82) is 0 Å². The highest BCUT2D eigenvalue weighted by Crippen LogP contribution is 2.24. The standard InChI is InChI=1S/C13H15BrN4OS/c1-8(2)18-12(16-7-17-18)6-19-11-4-3-9(14)5-10(11)13(15)20/h3-5,7-8H,6H2,1-2H3,(H2,15,20). The molecule has 20 heavy (non-hydrogen) atoms. The molecule has 0 aliphatic carbocycles. The largest absolute Gasteiger partial charge is 0.485 e. The highest BCUT2D eigenvalue weighted by molar-refractivity contribution is 9.10. The quantitative estimate of drug-likeness (QED) is 0.836. The third-order valence-electron chi connectivity index (χ3n) is 2.70. The Balaban J connectivity index is 2.19. The molecule has 106 valence electrons. The molecule has 0 aliphatic heterocycles. The molecule has 1 aromatic heterocycles. The van der Waals surface area contributed by atoms with E-state index in [0.717, 1.165) is 10.3 Å². The lowest BCUT2D eigenvalue weighted by Crippen LogP contribution is -2.14. The van der Waals surface area contributed by atoms with Crippen LogP contribution in [0.4, 0.5) is 0 Å². The van der Waals surface area contributed by atoms with Crippen LogP contribution in [0.15, 0.2) is 29.0 Å². The molecule has 1 heterocycles. The fourth-order valence-electron chi connectivity index (χ4n) is 1.77. The van der Waals surface area contributed by atoms with Crippen molar-refractivity contribution < 1.29 is 4.74 Å². The summed E-state index contributed by atoms with van der Waals surface area (Å²) in [4.78, 5) is 4.50. The van der Waals surface area contributed by atoms with E-state index in [1.54, 1.807) is 0 Å². The summed E-state index contributed by atoms with van der Waals surface area (Å²) in [6, 6.07) is 5.78. The molecule has 0 radical (unpaired) electrons. The topological polar surface area (TPSA) is 66.0 Å². The molecule has 0 saturated carbocycles. The number of aromatic nitrogens is 3. The van der Waals surface area contributed by atoms with Crippen molar-refractivity contribution in [2.75, 3.05) is 0 Å². The molecule has 0 atom stereocenters. The average Bonchev–Trinajstić information content (AvgIpc) is 2.85. The van der Waals surface area contributed by atoms with Crippen molar-refractivity contribution in [2.45, 2.75) is 26.5 Å². The predicted molar refractivity (Wildman–Crippen MR) is 84.8 cm³/mol. The molecule has 0 aliphatic rings. The van der Waals surface area contributed by atoms with Crippen LogP contribution in [-0.4, -0.2) is 19.8 Å². The number of nitrogens with zero attached hydrogens (tertiary/aromatic N) is 3. The fraction of sp³-hybridized carbons (Fsp3) is 0.308. The second kappa shape index (κ2) is 6.32. The Labute approximate surface area is 131 Å². The maximum atomic E-state index is 5.78. The summed E-state index contributed by atoms with van der Waals surface area (Å²) >= 11 is 8.42. The minimum absolute atomic E-state index is 0.232. The van der Waals surface area contributed by atoms with E-state index < -0.39 is 0 Å². The van der Waals surface area contributed by atoms with Gasteiger partial charge in [0.25, 0.3) is 0 Å². The highest BCUT2D eigenvalue weighted by Gasteiger charge is 2.11. The monoisotopic (exact) mass is 354 g/mol. The van der Waals surface area contributed by atoms with Crippen LogP contribution in [-0.2, 0) is 6.61 Å². The lowest BCUT2D eigenvalue weighted by Gasteiger charge is -2.13. The van der Waals surface area contributed by atoms with Gasteiger partial charge in [-0.2, -0.15) is 5.10 Å². The number of hydrogen-bond donors (Lipinski definition) is 1. The number of ether oxygens (including phenoxy) is 1. The molecular weight excluding hydrogens is 340 g/mol. The summed E-state index contributed by atoms with van der Waals surface area (Å²) in [5.41, 5.74) is 6.41. The van der Waals surface area contributed by atoms with E-state index in [9.17, 15) is 0 Å². The van der Waals surface area contributed by atoms with Crippen molar-refractivity contribution in [2.24, 2.45) is 5.73 Å². The molecule has 5 nitrogen and oxygen atoms in total. The number of rotatable bonds is 5. The summed E-state index contributed by atoms with van der Waals surface area (Å²) in [5.74, 6) is 1.40. The third-order valence-corrected chi connectivity index (χ3v) is 3.41. The summed E-state index contributed by atoms with van der Waals surface area (Å²) < 4.78 is 8.50. The van der Waals surface area contributed by atoms with Crippen LogP contribution in [0.2, 0.25) is 0 Å². The molecule has 0 spiro atoms. The normalized spacial score (nSPS) is 10.8. The Bertz CT molecular complexity index is 627. The summed E-state index contributed by atoms with van der Waals surface area (Å²) in [5, 5.41) is 4.17. The fourth-order valence-corrected chi connectivity index (χ4v) is 2.29. The summed E-state index contributed by atoms with van der Waals surface area (Å²) in [6.45, 7) is 4.39. The maximum Gasteiger partial charge on any atom is 0.165 e. The van der Waals surface area contributed by atoms with Gasteiger partial charge in [-0.3, -0.25) is 0 Å². The predicted octanol–water partition coefficient (Wildman–Crippen LogP) is 2.83. The Hall–Kier alpha value is -1.47. The van der Waals surface area contributed by atoms with E-state index in [2.05, 4.69) is 26.0 Å². The molecule has 0 unspecified atom stereocenters. The van der Waals surface area contributed by atoms with Crippen LogP contribution >= 0.6 is 28.1 Å². The number of halogens is 1. The average molecular weight is 355 g/mol. The van der Waals surface area contributed by atoms with E-state index >= 15 is 0 Å². The lowest BCUT2D eigenvalue weighted by atomic mass is 10.2. The molecular formula is C13H15BrN4OS. The SMILES string of the molecule is CC(C)n1ncnc1COc1ccc(Br)cc1C(N)=S. The minimum atomic E-state index is 0.232. The zero-order valence-corrected chi connectivity index (χ0v) is 13.6. The van der Waals surface area contributed by atoms with Crippen molar-refractivity contribution >= 4 is 33.1 Å². The molecule has 7 heteroatoms. The summed E-state index contributed by atoms with van der Waals surface area (Å²) in [6.07, 6.45) is 1.52. The van der Waals surface area contributed by atoms with Crippen LogP contribution in [0.3, 0.4) is 0 Å². The maximum absolute atomic E-state index is 5.78. The van der Waals surface area contributed by atoms with Crippen LogP contribution in [0, 0.1) is 0 Å². The van der Waals surface area contributed by atoms with Gasteiger partial charge < -0.3 is 10.5 Å². The van der Waals surface area contributed by atoms with E-state index in [0.29, 0.717) is 22.9 Å². The Kier molecular flexibility index (Phi) is 4.72. The second-order valence-corrected chi connectivity index (χ2v) is 5.86. The number of hydrogen-bond acceptors (Lipinski definition) is 4. The lowest BCUT2D eigenvalue weighted by molar-refractivity contribution is 0.282. The van der Waals surface area contributed by atoms with Gasteiger partial charge >= 0.3 is 0 Å². The van der Waals surface area contributed by atoms with Gasteiger partial charge in [-0.1, -0.05) is 28.1 Å². The van der Waals surface area contributed by atoms with Gasteiger partial charge in [-0.05, 0) is 32.0 Å². The Morgan fingerprint density at radius 1 is 1.50 bits per heavy atom. The first kappa shape index (κ1) is 14.9. The Morgan fingerprint density at radius 3 is 2.90 bits per heavy atom. The number of thiocarbonyl (C=S) groups is 1. The first-order valence-electron chi connectivity index (χ1n) is 6.09.